The highest BCUT2D eigenvalue weighted by Crippen LogP contribution is 2.37. The van der Waals surface area contributed by atoms with Crippen LogP contribution in [0.3, 0.4) is 0 Å². The lowest BCUT2D eigenvalue weighted by atomic mass is 9.97. The van der Waals surface area contributed by atoms with Gasteiger partial charge in [-0.05, 0) is 19.4 Å². The number of thioether (sulfide) groups is 1. The second kappa shape index (κ2) is 7.38. The normalized spacial score (nSPS) is 22.0. The fourth-order valence-corrected chi connectivity index (χ4v) is 3.41. The van der Waals surface area contributed by atoms with Gasteiger partial charge in [0.15, 0.2) is 0 Å². The fraction of sp³-hybridized carbons (Fsp3) is 0.429. The van der Waals surface area contributed by atoms with Crippen molar-refractivity contribution in [2.24, 2.45) is 5.92 Å². The molecule has 2 heterocycles. The van der Waals surface area contributed by atoms with E-state index in [1.807, 2.05) is 19.9 Å². The van der Waals surface area contributed by atoms with Gasteiger partial charge in [0.05, 0.1) is 5.75 Å². The van der Waals surface area contributed by atoms with Gasteiger partial charge in [0.2, 0.25) is 9.70 Å². The van der Waals surface area contributed by atoms with Crippen molar-refractivity contribution in [3.63, 3.8) is 0 Å². The summed E-state index contributed by atoms with van der Waals surface area (Å²) in [5.41, 5.74) is 1.78. The molecule has 2 aliphatic rings. The molecular weight excluding hydrogens is 383 g/mol. The van der Waals surface area contributed by atoms with E-state index in [0.29, 0.717) is 5.75 Å². The van der Waals surface area contributed by atoms with Gasteiger partial charge in [-0.2, -0.15) is 0 Å². The Morgan fingerprint density at radius 3 is 2.74 bits per heavy atom. The van der Waals surface area contributed by atoms with E-state index in [4.69, 9.17) is 39.5 Å². The van der Waals surface area contributed by atoms with Crippen LogP contribution in [-0.2, 0) is 9.53 Å². The first-order valence-corrected chi connectivity index (χ1v) is 8.81. The molecule has 0 aromatic heterocycles. The van der Waals surface area contributed by atoms with E-state index < -0.39 is 9.89 Å². The third-order valence-corrected chi connectivity index (χ3v) is 4.79. The summed E-state index contributed by atoms with van der Waals surface area (Å²) in [7, 11) is 0. The van der Waals surface area contributed by atoms with Crippen molar-refractivity contribution in [1.29, 1.82) is 0 Å². The maximum atomic E-state index is 11.9. The topological polar surface area (TPSA) is 58.6 Å². The van der Waals surface area contributed by atoms with Crippen LogP contribution in [0.1, 0.15) is 13.8 Å². The van der Waals surface area contributed by atoms with Crippen molar-refractivity contribution in [2.75, 3.05) is 12.4 Å². The SMILES string of the molecule is CC1=CN(C(=O)OCC(Cl)(Cl)Cl)C=CC1C1=C(C)NC(=O)CS1. The zero-order chi connectivity index (χ0) is 17.2. The maximum absolute atomic E-state index is 11.9. The summed E-state index contributed by atoms with van der Waals surface area (Å²) in [5, 5.41) is 2.83. The molecule has 2 aliphatic heterocycles. The molecule has 1 atom stereocenters. The van der Waals surface area contributed by atoms with E-state index in [-0.39, 0.29) is 18.4 Å². The quantitative estimate of drug-likeness (QED) is 0.717. The Labute approximate surface area is 153 Å². The first kappa shape index (κ1) is 18.5. The van der Waals surface area contributed by atoms with Crippen LogP contribution < -0.4 is 5.32 Å². The van der Waals surface area contributed by atoms with Gasteiger partial charge in [0.1, 0.15) is 6.61 Å². The van der Waals surface area contributed by atoms with E-state index in [0.717, 1.165) is 16.2 Å². The Kier molecular flexibility index (Phi) is 5.94. The molecule has 0 aromatic carbocycles. The number of nitrogens with one attached hydrogen (secondary N) is 1. The van der Waals surface area contributed by atoms with E-state index in [1.54, 1.807) is 12.4 Å². The summed E-state index contributed by atoms with van der Waals surface area (Å²) in [6.45, 7) is 3.44. The average Bonchev–Trinajstić information content (AvgIpc) is 2.44. The largest absolute Gasteiger partial charge is 0.444 e. The van der Waals surface area contributed by atoms with Gasteiger partial charge in [-0.3, -0.25) is 9.69 Å². The first-order chi connectivity index (χ1) is 10.7. The Morgan fingerprint density at radius 1 is 1.48 bits per heavy atom. The number of allylic oxidation sites excluding steroid dienone is 4. The Bertz CT molecular complexity index is 611. The minimum absolute atomic E-state index is 0.00502. The monoisotopic (exact) mass is 396 g/mol. The summed E-state index contributed by atoms with van der Waals surface area (Å²) in [6, 6.07) is 0. The van der Waals surface area contributed by atoms with E-state index in [2.05, 4.69) is 5.32 Å². The van der Waals surface area contributed by atoms with Crippen molar-refractivity contribution >= 4 is 58.6 Å². The van der Waals surface area contributed by atoms with Gasteiger partial charge in [0.25, 0.3) is 0 Å². The third kappa shape index (κ3) is 5.08. The predicted octanol–water partition coefficient (Wildman–Crippen LogP) is 3.94. The molecule has 2 rings (SSSR count). The summed E-state index contributed by atoms with van der Waals surface area (Å²) < 4.78 is 3.29. The molecule has 1 unspecified atom stereocenters. The first-order valence-electron chi connectivity index (χ1n) is 6.69. The number of hydrogen-bond donors (Lipinski definition) is 1. The molecule has 0 aromatic rings. The van der Waals surface area contributed by atoms with Gasteiger partial charge >= 0.3 is 6.09 Å². The van der Waals surface area contributed by atoms with Crippen LogP contribution in [0, 0.1) is 5.92 Å². The van der Waals surface area contributed by atoms with Crippen molar-refractivity contribution < 1.29 is 14.3 Å². The van der Waals surface area contributed by atoms with Gasteiger partial charge in [-0.25, -0.2) is 4.79 Å². The average molecular weight is 398 g/mol. The standard InChI is InChI=1S/C14H15Cl3N2O3S/c1-8-5-19(13(21)22-7-14(15,16)17)4-3-10(8)12-9(2)18-11(20)6-23-12/h3-5,10H,6-7H2,1-2H3,(H,18,20). The van der Waals surface area contributed by atoms with E-state index >= 15 is 0 Å². The summed E-state index contributed by atoms with van der Waals surface area (Å²) >= 11 is 18.2. The molecule has 1 N–H and O–H groups in total. The Balaban J connectivity index is 2.06. The molecule has 126 valence electrons. The number of halogens is 3. The second-order valence-electron chi connectivity index (χ2n) is 5.10. The molecule has 9 heteroatoms. The minimum atomic E-state index is -1.64. The van der Waals surface area contributed by atoms with Crippen molar-refractivity contribution in [1.82, 2.24) is 10.2 Å². The summed E-state index contributed by atoms with van der Waals surface area (Å²) in [6.07, 6.45) is 4.52. The zero-order valence-electron chi connectivity index (χ0n) is 12.4. The Hall–Kier alpha value is -0.820. The molecule has 23 heavy (non-hydrogen) atoms. The van der Waals surface area contributed by atoms with Crippen LogP contribution in [0.25, 0.3) is 0 Å². The molecule has 0 saturated carbocycles. The number of amides is 2. The van der Waals surface area contributed by atoms with Gasteiger partial charge < -0.3 is 10.1 Å². The fourth-order valence-electron chi connectivity index (χ4n) is 2.18. The molecule has 0 aliphatic carbocycles. The number of ether oxygens (including phenoxy) is 1. The number of carbonyl (C=O) groups is 2. The van der Waals surface area contributed by atoms with Crippen LogP contribution in [0.4, 0.5) is 4.79 Å². The van der Waals surface area contributed by atoms with Crippen LogP contribution in [0.2, 0.25) is 0 Å². The van der Waals surface area contributed by atoms with Gasteiger partial charge in [-0.15, -0.1) is 11.8 Å². The molecule has 0 fully saturated rings. The molecule has 0 radical (unpaired) electrons. The van der Waals surface area contributed by atoms with Crippen LogP contribution >= 0.6 is 46.6 Å². The molecule has 0 spiro atoms. The second-order valence-corrected chi connectivity index (χ2v) is 8.63. The number of rotatable bonds is 2. The lowest BCUT2D eigenvalue weighted by Crippen LogP contribution is -2.31. The molecule has 2 amide bonds. The predicted molar refractivity (Wildman–Crippen MR) is 93.2 cm³/mol. The number of hydrogen-bond acceptors (Lipinski definition) is 4. The summed E-state index contributed by atoms with van der Waals surface area (Å²) in [5.74, 6) is 0.395. The highest BCUT2D eigenvalue weighted by molar-refractivity contribution is 8.03. The number of nitrogens with zero attached hydrogens (tertiary/aromatic N) is 1. The molecule has 0 saturated heterocycles. The number of alkyl halides is 3. The van der Waals surface area contributed by atoms with Crippen LogP contribution in [0.15, 0.2) is 34.7 Å². The smallest absolute Gasteiger partial charge is 0.418 e. The molecule has 5 nitrogen and oxygen atoms in total. The van der Waals surface area contributed by atoms with Crippen molar-refractivity contribution in [3.8, 4) is 0 Å². The van der Waals surface area contributed by atoms with Gasteiger partial charge in [-0.1, -0.05) is 40.9 Å². The highest BCUT2D eigenvalue weighted by atomic mass is 35.6. The minimum Gasteiger partial charge on any atom is -0.444 e. The lowest BCUT2D eigenvalue weighted by Gasteiger charge is -2.28. The van der Waals surface area contributed by atoms with E-state index in [9.17, 15) is 9.59 Å². The zero-order valence-corrected chi connectivity index (χ0v) is 15.5. The van der Waals surface area contributed by atoms with Crippen LogP contribution in [0.5, 0.6) is 0 Å². The number of carbonyl (C=O) groups excluding carboxylic acids is 2. The van der Waals surface area contributed by atoms with Crippen LogP contribution in [-0.4, -0.2) is 33.1 Å². The molecular formula is C14H15Cl3N2O3S. The lowest BCUT2D eigenvalue weighted by molar-refractivity contribution is -0.117. The third-order valence-electron chi connectivity index (χ3n) is 3.18. The molecule has 0 bridgehead atoms. The Morgan fingerprint density at radius 2 is 2.17 bits per heavy atom. The van der Waals surface area contributed by atoms with Gasteiger partial charge in [0, 0.05) is 28.9 Å². The summed E-state index contributed by atoms with van der Waals surface area (Å²) in [4.78, 5) is 25.7. The van der Waals surface area contributed by atoms with Crippen molar-refractivity contribution in [2.45, 2.75) is 17.6 Å². The van der Waals surface area contributed by atoms with E-state index in [1.165, 1.54) is 16.7 Å². The van der Waals surface area contributed by atoms with Crippen molar-refractivity contribution in [3.05, 3.63) is 34.7 Å². The highest BCUT2D eigenvalue weighted by Gasteiger charge is 2.28. The maximum Gasteiger partial charge on any atom is 0.418 e.